The SMILES string of the molecule is COc1ccc(CC(c2ccc(OC3CCCCC3C#N)cc2)c2csc(N)[nH+]2)cc1. The molecule has 31 heavy (non-hydrogen) atoms. The van der Waals surface area contributed by atoms with Crippen molar-refractivity contribution in [3.63, 3.8) is 0 Å². The number of nitrogens with one attached hydrogen (secondary N) is 1. The van der Waals surface area contributed by atoms with E-state index in [1.165, 1.54) is 22.5 Å². The first-order valence-electron chi connectivity index (χ1n) is 10.7. The smallest absolute Gasteiger partial charge is 0.329 e. The number of H-pyrrole nitrogens is 1. The average molecular weight is 435 g/mol. The van der Waals surface area contributed by atoms with E-state index in [-0.39, 0.29) is 17.9 Å². The number of aromatic nitrogens is 1. The normalized spacial score (nSPS) is 19.4. The Kier molecular flexibility index (Phi) is 6.73. The largest absolute Gasteiger partial charge is 0.497 e. The molecule has 1 fully saturated rings. The van der Waals surface area contributed by atoms with Crippen molar-refractivity contribution in [2.45, 2.75) is 44.1 Å². The number of nitrogen functional groups attached to an aromatic ring is 1. The lowest BCUT2D eigenvalue weighted by atomic mass is 9.87. The Balaban J connectivity index is 1.54. The van der Waals surface area contributed by atoms with Gasteiger partial charge in [0.1, 0.15) is 23.3 Å². The summed E-state index contributed by atoms with van der Waals surface area (Å²) >= 11 is 1.52. The topological polar surface area (TPSA) is 82.4 Å². The van der Waals surface area contributed by atoms with Crippen LogP contribution in [-0.2, 0) is 6.42 Å². The zero-order valence-electron chi connectivity index (χ0n) is 17.7. The highest BCUT2D eigenvalue weighted by Crippen LogP contribution is 2.32. The fraction of sp³-hybridized carbons (Fsp3) is 0.360. The van der Waals surface area contributed by atoms with Crippen LogP contribution in [0.4, 0.5) is 5.13 Å². The Morgan fingerprint density at radius 3 is 2.45 bits per heavy atom. The van der Waals surface area contributed by atoms with Crippen LogP contribution < -0.4 is 20.2 Å². The first-order valence-corrected chi connectivity index (χ1v) is 11.6. The number of ether oxygens (including phenoxy) is 2. The molecule has 3 aromatic rings. The average Bonchev–Trinajstić information content (AvgIpc) is 3.25. The maximum atomic E-state index is 9.41. The molecule has 0 spiro atoms. The Morgan fingerprint density at radius 1 is 1.10 bits per heavy atom. The van der Waals surface area contributed by atoms with E-state index in [4.69, 9.17) is 15.2 Å². The van der Waals surface area contributed by atoms with Crippen LogP contribution in [0.3, 0.4) is 0 Å². The third-order valence-electron chi connectivity index (χ3n) is 5.99. The van der Waals surface area contributed by atoms with E-state index < -0.39 is 0 Å². The molecule has 1 saturated carbocycles. The molecule has 1 aliphatic rings. The Hall–Kier alpha value is -3.04. The molecular formula is C25H28N3O2S+. The van der Waals surface area contributed by atoms with E-state index in [0.717, 1.165) is 49.3 Å². The molecule has 1 aromatic heterocycles. The van der Waals surface area contributed by atoms with Crippen molar-refractivity contribution >= 4 is 16.5 Å². The molecule has 3 unspecified atom stereocenters. The van der Waals surface area contributed by atoms with Crippen LogP contribution in [0.5, 0.6) is 11.5 Å². The van der Waals surface area contributed by atoms with Gasteiger partial charge >= 0.3 is 5.13 Å². The van der Waals surface area contributed by atoms with Gasteiger partial charge in [0.15, 0.2) is 0 Å². The van der Waals surface area contributed by atoms with Gasteiger partial charge in [0.05, 0.1) is 25.0 Å². The maximum Gasteiger partial charge on any atom is 0.329 e. The van der Waals surface area contributed by atoms with E-state index in [1.54, 1.807) is 7.11 Å². The van der Waals surface area contributed by atoms with Gasteiger partial charge in [-0.3, -0.25) is 5.73 Å². The van der Waals surface area contributed by atoms with Crippen molar-refractivity contribution in [2.24, 2.45) is 5.92 Å². The van der Waals surface area contributed by atoms with Gasteiger partial charge in [-0.25, -0.2) is 4.98 Å². The fourth-order valence-electron chi connectivity index (χ4n) is 4.24. The van der Waals surface area contributed by atoms with Crippen LogP contribution in [0.15, 0.2) is 53.9 Å². The third kappa shape index (κ3) is 5.18. The standard InChI is InChI=1S/C25H27N3O2S/c1-29-20-10-6-17(7-11-20)14-22(23-16-31-25(27)28-23)18-8-12-21(13-9-18)30-24-5-3-2-4-19(24)15-26/h6-13,16,19,22,24H,2-5,14H2,1H3,(H2,27,28)/p+1. The van der Waals surface area contributed by atoms with Crippen LogP contribution in [-0.4, -0.2) is 13.2 Å². The number of benzene rings is 2. The number of nitrogens with zero attached hydrogens (tertiary/aromatic N) is 1. The number of hydrogen-bond donors (Lipinski definition) is 1. The molecule has 1 heterocycles. The van der Waals surface area contributed by atoms with E-state index in [2.05, 4.69) is 40.7 Å². The zero-order chi connectivity index (χ0) is 21.6. The quantitative estimate of drug-likeness (QED) is 0.568. The number of hydrogen-bond acceptors (Lipinski definition) is 5. The van der Waals surface area contributed by atoms with E-state index in [1.807, 2.05) is 24.3 Å². The summed E-state index contributed by atoms with van der Waals surface area (Å²) in [5, 5.41) is 12.2. The van der Waals surface area contributed by atoms with Crippen molar-refractivity contribution < 1.29 is 14.5 Å². The highest BCUT2D eigenvalue weighted by molar-refractivity contribution is 7.13. The Bertz CT molecular complexity index is 1020. The van der Waals surface area contributed by atoms with Crippen molar-refractivity contribution in [3.05, 3.63) is 70.7 Å². The van der Waals surface area contributed by atoms with Gasteiger partial charge in [-0.2, -0.15) is 5.26 Å². The van der Waals surface area contributed by atoms with Gasteiger partial charge < -0.3 is 9.47 Å². The number of thiazole rings is 1. The van der Waals surface area contributed by atoms with E-state index >= 15 is 0 Å². The van der Waals surface area contributed by atoms with Crippen molar-refractivity contribution in [1.29, 1.82) is 5.26 Å². The van der Waals surface area contributed by atoms with Gasteiger partial charge in [-0.1, -0.05) is 42.0 Å². The summed E-state index contributed by atoms with van der Waals surface area (Å²) in [6, 6.07) is 18.9. The van der Waals surface area contributed by atoms with Crippen LogP contribution in [0.1, 0.15) is 48.4 Å². The molecule has 2 aromatic carbocycles. The lowest BCUT2D eigenvalue weighted by molar-refractivity contribution is -0.368. The minimum absolute atomic E-state index is 0.00954. The van der Waals surface area contributed by atoms with E-state index in [0.29, 0.717) is 5.13 Å². The minimum Gasteiger partial charge on any atom is -0.497 e. The number of rotatable bonds is 7. The summed E-state index contributed by atoms with van der Waals surface area (Å²) in [6.45, 7) is 0. The summed E-state index contributed by atoms with van der Waals surface area (Å²) < 4.78 is 11.5. The number of nitrogens with two attached hydrogens (primary N) is 1. The number of anilines is 1. The van der Waals surface area contributed by atoms with Crippen molar-refractivity contribution in [1.82, 2.24) is 0 Å². The Labute approximate surface area is 187 Å². The lowest BCUT2D eigenvalue weighted by Crippen LogP contribution is -2.29. The highest BCUT2D eigenvalue weighted by atomic mass is 32.1. The van der Waals surface area contributed by atoms with Crippen LogP contribution >= 0.6 is 11.3 Å². The van der Waals surface area contributed by atoms with Crippen LogP contribution in [0.2, 0.25) is 0 Å². The summed E-state index contributed by atoms with van der Waals surface area (Å²) in [6.07, 6.45) is 4.95. The third-order valence-corrected chi connectivity index (χ3v) is 6.72. The number of methoxy groups -OCH3 is 1. The maximum absolute atomic E-state index is 9.41. The van der Waals surface area contributed by atoms with Gasteiger partial charge in [0, 0.05) is 5.38 Å². The van der Waals surface area contributed by atoms with Crippen molar-refractivity contribution in [2.75, 3.05) is 12.8 Å². The summed E-state index contributed by atoms with van der Waals surface area (Å²) in [5.74, 6) is 1.82. The second-order valence-electron chi connectivity index (χ2n) is 8.03. The molecule has 0 amide bonds. The summed E-state index contributed by atoms with van der Waals surface area (Å²) in [4.78, 5) is 3.32. The molecule has 0 radical (unpaired) electrons. The summed E-state index contributed by atoms with van der Waals surface area (Å²) in [5.41, 5.74) is 9.50. The first-order chi connectivity index (χ1) is 15.2. The molecule has 0 saturated heterocycles. The van der Waals surface area contributed by atoms with Crippen molar-refractivity contribution in [3.8, 4) is 17.6 Å². The predicted molar refractivity (Wildman–Crippen MR) is 122 cm³/mol. The monoisotopic (exact) mass is 434 g/mol. The second-order valence-corrected chi connectivity index (χ2v) is 8.94. The number of aromatic amines is 1. The van der Waals surface area contributed by atoms with Gasteiger partial charge in [-0.05, 0) is 61.1 Å². The Morgan fingerprint density at radius 2 is 1.81 bits per heavy atom. The predicted octanol–water partition coefficient (Wildman–Crippen LogP) is 4.99. The molecule has 0 bridgehead atoms. The highest BCUT2D eigenvalue weighted by Gasteiger charge is 2.27. The van der Waals surface area contributed by atoms with Gasteiger partial charge in [0.25, 0.3) is 0 Å². The molecule has 0 aliphatic heterocycles. The first kappa shape index (κ1) is 21.2. The molecule has 1 aliphatic carbocycles. The molecule has 5 nitrogen and oxygen atoms in total. The second kappa shape index (κ2) is 9.84. The summed E-state index contributed by atoms with van der Waals surface area (Å²) in [7, 11) is 1.68. The molecule has 4 rings (SSSR count). The van der Waals surface area contributed by atoms with Gasteiger partial charge in [0.2, 0.25) is 0 Å². The molecule has 3 atom stereocenters. The lowest BCUT2D eigenvalue weighted by Gasteiger charge is -2.27. The minimum atomic E-state index is -0.0142. The molecular weight excluding hydrogens is 406 g/mol. The molecule has 160 valence electrons. The molecule has 6 heteroatoms. The van der Waals surface area contributed by atoms with E-state index in [9.17, 15) is 5.26 Å². The molecule has 3 N–H and O–H groups in total. The fourth-order valence-corrected chi connectivity index (χ4v) is 4.90. The van der Waals surface area contributed by atoms with Crippen LogP contribution in [0.25, 0.3) is 0 Å². The van der Waals surface area contributed by atoms with Gasteiger partial charge in [-0.15, -0.1) is 0 Å². The number of nitriles is 1. The zero-order valence-corrected chi connectivity index (χ0v) is 18.5. The van der Waals surface area contributed by atoms with Crippen LogP contribution in [0, 0.1) is 17.2 Å².